The molecule has 2 rings (SSSR count). The van der Waals surface area contributed by atoms with E-state index in [4.69, 9.17) is 4.74 Å². The molecular weight excluding hydrogens is 246 g/mol. The third-order valence-electron chi connectivity index (χ3n) is 2.78. The number of nitrogens with zero attached hydrogens (tertiary/aromatic N) is 3. The number of aromatic nitrogens is 3. The second-order valence-corrected chi connectivity index (χ2v) is 5.69. The van der Waals surface area contributed by atoms with Crippen LogP contribution in [0.1, 0.15) is 38.9 Å². The number of nitrogens with one attached hydrogen (secondary N) is 2. The maximum absolute atomic E-state index is 11.5. The lowest BCUT2D eigenvalue weighted by molar-refractivity contribution is 0.0523. The summed E-state index contributed by atoms with van der Waals surface area (Å²) in [5.74, 6) is 0. The van der Waals surface area contributed by atoms with E-state index in [0.717, 1.165) is 25.2 Å². The largest absolute Gasteiger partial charge is 0.444 e. The van der Waals surface area contributed by atoms with Crippen LogP contribution in [0.4, 0.5) is 4.79 Å². The van der Waals surface area contributed by atoms with Crippen LogP contribution in [-0.2, 0) is 11.3 Å². The van der Waals surface area contributed by atoms with Gasteiger partial charge in [0.25, 0.3) is 0 Å². The summed E-state index contributed by atoms with van der Waals surface area (Å²) < 4.78 is 7.00. The van der Waals surface area contributed by atoms with Gasteiger partial charge in [0.1, 0.15) is 11.3 Å². The minimum atomic E-state index is -0.489. The number of rotatable bonds is 3. The Labute approximate surface area is 112 Å². The summed E-state index contributed by atoms with van der Waals surface area (Å²) in [5, 5.41) is 14.1. The standard InChI is InChI=1S/C12H21N5O2/c1-12(2,3)19-11(18)14-6-9-8-17(16-15-9)10-4-5-13-7-10/h8,10,13H,4-7H2,1-3H3,(H,14,18)/t10-/m1/s1. The van der Waals surface area contributed by atoms with Crippen LogP contribution in [0.5, 0.6) is 0 Å². The zero-order valence-electron chi connectivity index (χ0n) is 11.6. The third-order valence-corrected chi connectivity index (χ3v) is 2.78. The van der Waals surface area contributed by atoms with Crippen molar-refractivity contribution in [3.05, 3.63) is 11.9 Å². The van der Waals surface area contributed by atoms with Crippen molar-refractivity contribution in [2.45, 2.75) is 45.4 Å². The molecule has 7 nitrogen and oxygen atoms in total. The molecule has 0 spiro atoms. The van der Waals surface area contributed by atoms with E-state index in [1.165, 1.54) is 0 Å². The van der Waals surface area contributed by atoms with Gasteiger partial charge in [-0.2, -0.15) is 0 Å². The number of ether oxygens (including phenoxy) is 1. The summed E-state index contributed by atoms with van der Waals surface area (Å²) in [5.41, 5.74) is 0.245. The van der Waals surface area contributed by atoms with Crippen LogP contribution in [0.25, 0.3) is 0 Å². The zero-order chi connectivity index (χ0) is 13.9. The second-order valence-electron chi connectivity index (χ2n) is 5.69. The molecule has 1 amide bonds. The normalized spacial score (nSPS) is 19.4. The lowest BCUT2D eigenvalue weighted by Crippen LogP contribution is -2.32. The first-order valence-electron chi connectivity index (χ1n) is 6.52. The summed E-state index contributed by atoms with van der Waals surface area (Å²) in [6.07, 6.45) is 2.49. The predicted molar refractivity (Wildman–Crippen MR) is 69.6 cm³/mol. The van der Waals surface area contributed by atoms with Gasteiger partial charge in [0, 0.05) is 6.54 Å². The zero-order valence-corrected chi connectivity index (χ0v) is 11.6. The van der Waals surface area contributed by atoms with Gasteiger partial charge >= 0.3 is 6.09 Å². The average Bonchev–Trinajstić information content (AvgIpc) is 2.95. The molecule has 7 heteroatoms. The highest BCUT2D eigenvalue weighted by molar-refractivity contribution is 5.67. The number of carbonyl (C=O) groups is 1. The van der Waals surface area contributed by atoms with E-state index in [0.29, 0.717) is 12.6 Å². The van der Waals surface area contributed by atoms with Crippen LogP contribution in [0.3, 0.4) is 0 Å². The monoisotopic (exact) mass is 267 g/mol. The van der Waals surface area contributed by atoms with E-state index >= 15 is 0 Å². The third kappa shape index (κ3) is 4.20. The smallest absolute Gasteiger partial charge is 0.407 e. The van der Waals surface area contributed by atoms with Crippen LogP contribution in [0.15, 0.2) is 6.20 Å². The first-order valence-corrected chi connectivity index (χ1v) is 6.52. The SMILES string of the molecule is CC(C)(C)OC(=O)NCc1cn([C@@H]2CCNC2)nn1. The number of amides is 1. The van der Waals surface area contributed by atoms with E-state index in [9.17, 15) is 4.79 Å². The lowest BCUT2D eigenvalue weighted by atomic mass is 10.2. The molecule has 0 saturated carbocycles. The van der Waals surface area contributed by atoms with Gasteiger partial charge in [-0.1, -0.05) is 5.21 Å². The summed E-state index contributed by atoms with van der Waals surface area (Å²) in [7, 11) is 0. The van der Waals surface area contributed by atoms with Crippen LogP contribution >= 0.6 is 0 Å². The fourth-order valence-electron chi connectivity index (χ4n) is 1.91. The Morgan fingerprint density at radius 3 is 3.05 bits per heavy atom. The molecule has 1 fully saturated rings. The summed E-state index contributed by atoms with van der Waals surface area (Å²) in [4.78, 5) is 11.5. The van der Waals surface area contributed by atoms with Crippen molar-refractivity contribution in [2.24, 2.45) is 0 Å². The molecular formula is C12H21N5O2. The molecule has 0 unspecified atom stereocenters. The molecule has 1 aromatic heterocycles. The van der Waals surface area contributed by atoms with Crippen molar-refractivity contribution in [2.75, 3.05) is 13.1 Å². The maximum Gasteiger partial charge on any atom is 0.407 e. The van der Waals surface area contributed by atoms with Gasteiger partial charge in [-0.15, -0.1) is 5.10 Å². The second kappa shape index (κ2) is 5.56. The van der Waals surface area contributed by atoms with E-state index in [2.05, 4.69) is 20.9 Å². The summed E-state index contributed by atoms with van der Waals surface area (Å²) in [6, 6.07) is 0.364. The van der Waals surface area contributed by atoms with Gasteiger partial charge in [-0.25, -0.2) is 9.48 Å². The highest BCUT2D eigenvalue weighted by atomic mass is 16.6. The van der Waals surface area contributed by atoms with Crippen LogP contribution < -0.4 is 10.6 Å². The van der Waals surface area contributed by atoms with Crippen molar-refractivity contribution >= 4 is 6.09 Å². The fraction of sp³-hybridized carbons (Fsp3) is 0.750. The molecule has 0 bridgehead atoms. The van der Waals surface area contributed by atoms with Gasteiger partial charge in [-0.3, -0.25) is 0 Å². The highest BCUT2D eigenvalue weighted by Crippen LogP contribution is 2.13. The molecule has 2 heterocycles. The molecule has 1 atom stereocenters. The van der Waals surface area contributed by atoms with E-state index in [-0.39, 0.29) is 0 Å². The topological polar surface area (TPSA) is 81.1 Å². The molecule has 1 aliphatic rings. The Bertz CT molecular complexity index is 432. The Morgan fingerprint density at radius 1 is 1.63 bits per heavy atom. The lowest BCUT2D eigenvalue weighted by Gasteiger charge is -2.19. The van der Waals surface area contributed by atoms with Crippen LogP contribution in [-0.4, -0.2) is 39.8 Å². The van der Waals surface area contributed by atoms with Crippen molar-refractivity contribution in [1.82, 2.24) is 25.6 Å². The average molecular weight is 267 g/mol. The minimum Gasteiger partial charge on any atom is -0.444 e. The molecule has 2 N–H and O–H groups in total. The van der Waals surface area contributed by atoms with Crippen molar-refractivity contribution in [1.29, 1.82) is 0 Å². The van der Waals surface area contributed by atoms with E-state index < -0.39 is 11.7 Å². The van der Waals surface area contributed by atoms with Gasteiger partial charge < -0.3 is 15.4 Å². The highest BCUT2D eigenvalue weighted by Gasteiger charge is 2.19. The van der Waals surface area contributed by atoms with Gasteiger partial charge in [0.2, 0.25) is 0 Å². The summed E-state index contributed by atoms with van der Waals surface area (Å²) >= 11 is 0. The molecule has 1 aromatic rings. The molecule has 1 aliphatic heterocycles. The van der Waals surface area contributed by atoms with Crippen molar-refractivity contribution in [3.63, 3.8) is 0 Å². The molecule has 1 saturated heterocycles. The van der Waals surface area contributed by atoms with Crippen LogP contribution in [0, 0.1) is 0 Å². The first-order chi connectivity index (χ1) is 8.94. The number of hydrogen-bond acceptors (Lipinski definition) is 5. The first kappa shape index (κ1) is 13.8. The van der Waals surface area contributed by atoms with E-state index in [1.54, 1.807) is 0 Å². The van der Waals surface area contributed by atoms with Gasteiger partial charge in [-0.05, 0) is 33.7 Å². The molecule has 0 radical (unpaired) electrons. The van der Waals surface area contributed by atoms with Crippen molar-refractivity contribution < 1.29 is 9.53 Å². The molecule has 0 aliphatic carbocycles. The minimum absolute atomic E-state index is 0.328. The van der Waals surface area contributed by atoms with E-state index in [1.807, 2.05) is 31.6 Å². The van der Waals surface area contributed by atoms with Gasteiger partial charge in [0.15, 0.2) is 0 Å². The van der Waals surface area contributed by atoms with Gasteiger partial charge in [0.05, 0.1) is 18.8 Å². The predicted octanol–water partition coefficient (Wildman–Crippen LogP) is 0.837. The quantitative estimate of drug-likeness (QED) is 0.848. The Hall–Kier alpha value is -1.63. The number of carbonyl (C=O) groups excluding carboxylic acids is 1. The van der Waals surface area contributed by atoms with Crippen molar-refractivity contribution in [3.8, 4) is 0 Å². The number of alkyl carbamates (subject to hydrolysis) is 1. The molecule has 0 aromatic carbocycles. The van der Waals surface area contributed by atoms with Crippen LogP contribution in [0.2, 0.25) is 0 Å². The molecule has 106 valence electrons. The fourth-order valence-corrected chi connectivity index (χ4v) is 1.91. The molecule has 19 heavy (non-hydrogen) atoms. The summed E-state index contributed by atoms with van der Waals surface area (Å²) in [6.45, 7) is 7.75. The maximum atomic E-state index is 11.5. The Balaban J connectivity index is 1.81. The Morgan fingerprint density at radius 2 is 2.42 bits per heavy atom. The Kier molecular flexibility index (Phi) is 4.04. The number of hydrogen-bond donors (Lipinski definition) is 2.